The molecule has 2 aliphatic rings. The van der Waals surface area contributed by atoms with Gasteiger partial charge in [-0.3, -0.25) is 4.79 Å². The molecule has 0 unspecified atom stereocenters. The number of likely N-dealkylation sites (N-methyl/N-ethyl adjacent to an activating group) is 1. The number of allylic oxidation sites excluding steroid dienone is 2. The van der Waals surface area contributed by atoms with Crippen LogP contribution >= 0.6 is 35.7 Å². The third kappa shape index (κ3) is 2.71. The molecule has 2 heterocycles. The van der Waals surface area contributed by atoms with Gasteiger partial charge in [0.05, 0.1) is 16.4 Å². The summed E-state index contributed by atoms with van der Waals surface area (Å²) in [5, 5.41) is 1.18. The van der Waals surface area contributed by atoms with Gasteiger partial charge in [0.15, 0.2) is 0 Å². The van der Waals surface area contributed by atoms with Crippen LogP contribution in [0.5, 0.6) is 0 Å². The number of thiocarbonyl (C=S) groups is 1. The number of nitrogens with zero attached hydrogens (tertiary/aromatic N) is 2. The minimum Gasteiger partial charge on any atom is -0.335 e. The van der Waals surface area contributed by atoms with Gasteiger partial charge in [0.2, 0.25) is 5.12 Å². The molecule has 1 saturated heterocycles. The third-order valence-electron chi connectivity index (χ3n) is 3.55. The van der Waals surface area contributed by atoms with Gasteiger partial charge in [0, 0.05) is 18.0 Å². The molecule has 0 spiro atoms. The van der Waals surface area contributed by atoms with Crippen LogP contribution in [0.15, 0.2) is 52.0 Å². The second kappa shape index (κ2) is 6.48. The van der Waals surface area contributed by atoms with Crippen LogP contribution in [0.4, 0.5) is 5.69 Å². The monoisotopic (exact) mass is 348 g/mol. The van der Waals surface area contributed by atoms with Gasteiger partial charge in [-0.25, -0.2) is 0 Å². The first kappa shape index (κ1) is 15.6. The molecule has 2 aliphatic heterocycles. The zero-order valence-electron chi connectivity index (χ0n) is 12.4. The van der Waals surface area contributed by atoms with Gasteiger partial charge in [-0.05, 0) is 49.9 Å². The highest BCUT2D eigenvalue weighted by Gasteiger charge is 2.30. The number of para-hydroxylation sites is 1. The van der Waals surface area contributed by atoms with E-state index in [0.717, 1.165) is 29.9 Å². The lowest BCUT2D eigenvalue weighted by Crippen LogP contribution is -2.21. The van der Waals surface area contributed by atoms with Gasteiger partial charge < -0.3 is 9.80 Å². The molecule has 22 heavy (non-hydrogen) atoms. The Labute approximate surface area is 144 Å². The van der Waals surface area contributed by atoms with E-state index in [2.05, 4.69) is 36.1 Å². The van der Waals surface area contributed by atoms with Crippen molar-refractivity contribution < 1.29 is 4.79 Å². The van der Waals surface area contributed by atoms with E-state index in [1.165, 1.54) is 10.6 Å². The molecular formula is C16H16N2OS3. The highest BCUT2D eigenvalue weighted by Crippen LogP contribution is 2.45. The number of fused-ring (bicyclic) bond motifs is 1. The molecule has 6 heteroatoms. The Morgan fingerprint density at radius 1 is 1.09 bits per heavy atom. The lowest BCUT2D eigenvalue weighted by molar-refractivity contribution is -0.108. The Balaban J connectivity index is 1.92. The number of thioether (sulfide) groups is 2. The van der Waals surface area contributed by atoms with E-state index in [4.69, 9.17) is 12.2 Å². The molecule has 0 N–H and O–H groups in total. The standard InChI is InChI=1S/C16H16N2OS3/c1-3-17-11-7-5-6-8-13(11)21-14(17)10-9-12-15(19)22-16(20)18(12)4-2/h5-10H,3-4H2,1-2H3/b12-9-,14-10-. The second-order valence-electron chi connectivity index (χ2n) is 4.77. The summed E-state index contributed by atoms with van der Waals surface area (Å²) in [6.45, 7) is 5.76. The van der Waals surface area contributed by atoms with Crippen molar-refractivity contribution in [3.05, 3.63) is 47.1 Å². The molecule has 1 fully saturated rings. The van der Waals surface area contributed by atoms with Crippen LogP contribution in [0.25, 0.3) is 0 Å². The number of carbonyl (C=O) groups excluding carboxylic acids is 1. The van der Waals surface area contributed by atoms with Gasteiger partial charge in [0.25, 0.3) is 0 Å². The fraction of sp³-hybridized carbons (Fsp3) is 0.250. The SMILES string of the molecule is CCN1C(=S)SC(=O)/C1=C/C=C1\Sc2ccccc2N1CC. The Bertz CT molecular complexity index is 696. The summed E-state index contributed by atoms with van der Waals surface area (Å²) in [6, 6.07) is 8.36. The number of benzene rings is 1. The topological polar surface area (TPSA) is 23.6 Å². The van der Waals surface area contributed by atoms with Crippen LogP contribution in [0.3, 0.4) is 0 Å². The summed E-state index contributed by atoms with van der Waals surface area (Å²) >= 11 is 8.11. The number of anilines is 1. The number of hydrogen-bond donors (Lipinski definition) is 0. The molecule has 0 amide bonds. The number of rotatable bonds is 3. The summed E-state index contributed by atoms with van der Waals surface area (Å²) in [4.78, 5) is 17.5. The van der Waals surface area contributed by atoms with Gasteiger partial charge in [0.1, 0.15) is 4.32 Å². The zero-order chi connectivity index (χ0) is 15.7. The maximum Gasteiger partial charge on any atom is 0.242 e. The van der Waals surface area contributed by atoms with E-state index in [0.29, 0.717) is 10.0 Å². The molecule has 1 aromatic rings. The fourth-order valence-electron chi connectivity index (χ4n) is 2.51. The van der Waals surface area contributed by atoms with Crippen molar-refractivity contribution in [3.8, 4) is 0 Å². The molecule has 0 aromatic heterocycles. The largest absolute Gasteiger partial charge is 0.335 e. The van der Waals surface area contributed by atoms with E-state index in [-0.39, 0.29) is 5.12 Å². The maximum absolute atomic E-state index is 12.0. The highest BCUT2D eigenvalue weighted by molar-refractivity contribution is 8.33. The van der Waals surface area contributed by atoms with Crippen molar-refractivity contribution in [2.75, 3.05) is 18.0 Å². The molecule has 0 atom stereocenters. The van der Waals surface area contributed by atoms with E-state index in [1.54, 1.807) is 11.8 Å². The predicted molar refractivity (Wildman–Crippen MR) is 99.1 cm³/mol. The first-order valence-corrected chi connectivity index (χ1v) is 9.20. The highest BCUT2D eigenvalue weighted by atomic mass is 32.2. The van der Waals surface area contributed by atoms with Crippen molar-refractivity contribution in [2.45, 2.75) is 18.7 Å². The van der Waals surface area contributed by atoms with Crippen LogP contribution < -0.4 is 4.90 Å². The van der Waals surface area contributed by atoms with Gasteiger partial charge in [-0.2, -0.15) is 0 Å². The van der Waals surface area contributed by atoms with E-state index in [9.17, 15) is 4.79 Å². The summed E-state index contributed by atoms with van der Waals surface area (Å²) < 4.78 is 0.645. The quantitative estimate of drug-likeness (QED) is 0.599. The lowest BCUT2D eigenvalue weighted by atomic mass is 10.3. The lowest BCUT2D eigenvalue weighted by Gasteiger charge is -2.18. The zero-order valence-corrected chi connectivity index (χ0v) is 14.9. The molecule has 0 saturated carbocycles. The van der Waals surface area contributed by atoms with E-state index in [1.807, 2.05) is 24.0 Å². The summed E-state index contributed by atoms with van der Waals surface area (Å²) in [5.41, 5.74) is 1.91. The second-order valence-corrected chi connectivity index (χ2v) is 7.44. The maximum atomic E-state index is 12.0. The third-order valence-corrected chi connectivity index (χ3v) is 5.94. The summed E-state index contributed by atoms with van der Waals surface area (Å²) in [6.07, 6.45) is 3.92. The first-order chi connectivity index (χ1) is 10.7. The van der Waals surface area contributed by atoms with E-state index >= 15 is 0 Å². The molecular weight excluding hydrogens is 332 g/mol. The Morgan fingerprint density at radius 2 is 1.82 bits per heavy atom. The molecule has 0 aliphatic carbocycles. The molecule has 1 aromatic carbocycles. The molecule has 114 valence electrons. The molecule has 3 rings (SSSR count). The van der Waals surface area contributed by atoms with Crippen molar-refractivity contribution in [3.63, 3.8) is 0 Å². The Hall–Kier alpha value is -1.24. The predicted octanol–water partition coefficient (Wildman–Crippen LogP) is 4.22. The summed E-state index contributed by atoms with van der Waals surface area (Å²) in [5.74, 6) is 0. The van der Waals surface area contributed by atoms with Crippen LogP contribution in [-0.2, 0) is 4.79 Å². The minimum absolute atomic E-state index is 0.0345. The first-order valence-electron chi connectivity index (χ1n) is 7.15. The Morgan fingerprint density at radius 3 is 2.55 bits per heavy atom. The van der Waals surface area contributed by atoms with Crippen molar-refractivity contribution in [1.82, 2.24) is 4.90 Å². The molecule has 0 bridgehead atoms. The van der Waals surface area contributed by atoms with Crippen molar-refractivity contribution in [1.29, 1.82) is 0 Å². The fourth-order valence-corrected chi connectivity index (χ4v) is 4.87. The summed E-state index contributed by atoms with van der Waals surface area (Å²) in [7, 11) is 0. The number of hydrogen-bond acceptors (Lipinski definition) is 5. The van der Waals surface area contributed by atoms with Crippen molar-refractivity contribution in [2.24, 2.45) is 0 Å². The number of carbonyl (C=O) groups is 1. The minimum atomic E-state index is 0.0345. The van der Waals surface area contributed by atoms with E-state index < -0.39 is 0 Å². The van der Waals surface area contributed by atoms with Crippen LogP contribution in [0, 0.1) is 0 Å². The van der Waals surface area contributed by atoms with Gasteiger partial charge >= 0.3 is 0 Å². The average Bonchev–Trinajstić information content (AvgIpc) is 3.00. The van der Waals surface area contributed by atoms with Crippen molar-refractivity contribution >= 4 is 50.9 Å². The normalized spacial score (nSPS) is 21.4. The van der Waals surface area contributed by atoms with Gasteiger partial charge in [-0.1, -0.05) is 36.1 Å². The van der Waals surface area contributed by atoms with Crippen LogP contribution in [-0.4, -0.2) is 27.4 Å². The van der Waals surface area contributed by atoms with Crippen LogP contribution in [0.2, 0.25) is 0 Å². The molecule has 3 nitrogen and oxygen atoms in total. The smallest absolute Gasteiger partial charge is 0.242 e. The van der Waals surface area contributed by atoms with Gasteiger partial charge in [-0.15, -0.1) is 0 Å². The Kier molecular flexibility index (Phi) is 4.61. The molecule has 0 radical (unpaired) electrons. The average molecular weight is 349 g/mol. The van der Waals surface area contributed by atoms with Crippen LogP contribution in [0.1, 0.15) is 13.8 Å².